The van der Waals surface area contributed by atoms with Gasteiger partial charge in [0.15, 0.2) is 5.16 Å². The number of nitrogens with zero attached hydrogens (tertiary/aromatic N) is 2. The Labute approximate surface area is 113 Å². The van der Waals surface area contributed by atoms with E-state index in [0.29, 0.717) is 6.04 Å². The maximum atomic E-state index is 5.34. The van der Waals surface area contributed by atoms with Crippen LogP contribution in [0.15, 0.2) is 5.16 Å². The molecule has 1 aromatic heterocycles. The first-order valence-electron chi connectivity index (χ1n) is 5.13. The largest absolute Gasteiger partial charge is 0.379 e. The Morgan fingerprint density at radius 3 is 2.94 bits per heavy atom. The zero-order chi connectivity index (χ0) is 11.5. The molecule has 4 nitrogen and oxygen atoms in total. The molecule has 1 unspecified atom stereocenters. The molecule has 0 aliphatic carbocycles. The first kappa shape index (κ1) is 12.4. The van der Waals surface area contributed by atoms with Crippen LogP contribution in [-0.4, -0.2) is 35.5 Å². The van der Waals surface area contributed by atoms with Gasteiger partial charge in [-0.15, -0.1) is 0 Å². The van der Waals surface area contributed by atoms with E-state index in [4.69, 9.17) is 4.74 Å². The van der Waals surface area contributed by atoms with Crippen LogP contribution in [0.3, 0.4) is 0 Å². The molecule has 2 heterocycles. The number of anilines is 1. The smallest absolute Gasteiger partial charge is 0.189 e. The highest BCUT2D eigenvalue weighted by molar-refractivity contribution is 14.1. The monoisotopic (exact) mass is 351 g/mol. The lowest BCUT2D eigenvalue weighted by atomic mass is 10.2. The first-order chi connectivity index (χ1) is 7.70. The topological polar surface area (TPSA) is 47.0 Å². The van der Waals surface area contributed by atoms with Crippen LogP contribution in [0.2, 0.25) is 0 Å². The average molecular weight is 351 g/mol. The van der Waals surface area contributed by atoms with Crippen LogP contribution < -0.4 is 5.32 Å². The molecule has 16 heavy (non-hydrogen) atoms. The van der Waals surface area contributed by atoms with Crippen LogP contribution in [0.25, 0.3) is 0 Å². The Hall–Kier alpha value is -0.0800. The van der Waals surface area contributed by atoms with Gasteiger partial charge < -0.3 is 10.1 Å². The summed E-state index contributed by atoms with van der Waals surface area (Å²) >= 11 is 3.85. The number of hydrogen-bond donors (Lipinski definition) is 1. The van der Waals surface area contributed by atoms with Gasteiger partial charge in [-0.1, -0.05) is 11.8 Å². The van der Waals surface area contributed by atoms with Gasteiger partial charge in [0.2, 0.25) is 0 Å². The molecule has 0 amide bonds. The van der Waals surface area contributed by atoms with Crippen molar-refractivity contribution in [2.75, 3.05) is 24.8 Å². The summed E-state index contributed by atoms with van der Waals surface area (Å²) in [7, 11) is 0. The van der Waals surface area contributed by atoms with Crippen molar-refractivity contribution >= 4 is 40.2 Å². The molecule has 0 bridgehead atoms. The molecule has 1 atom stereocenters. The predicted octanol–water partition coefficient (Wildman–Crippen LogP) is 2.31. The van der Waals surface area contributed by atoms with Gasteiger partial charge in [0.05, 0.1) is 21.9 Å². The van der Waals surface area contributed by atoms with Crippen molar-refractivity contribution in [2.24, 2.45) is 0 Å². The van der Waals surface area contributed by atoms with Crippen molar-refractivity contribution in [1.29, 1.82) is 0 Å². The molecule has 1 aromatic rings. The van der Waals surface area contributed by atoms with Crippen molar-refractivity contribution in [3.05, 3.63) is 9.26 Å². The Morgan fingerprint density at radius 2 is 2.31 bits per heavy atom. The van der Waals surface area contributed by atoms with Crippen molar-refractivity contribution < 1.29 is 4.74 Å². The second-order valence-electron chi connectivity index (χ2n) is 3.66. The number of thioether (sulfide) groups is 1. The molecule has 0 spiro atoms. The van der Waals surface area contributed by atoms with Gasteiger partial charge in [-0.25, -0.2) is 9.97 Å². The molecule has 0 saturated carbocycles. The van der Waals surface area contributed by atoms with Crippen LogP contribution in [-0.2, 0) is 4.74 Å². The Balaban J connectivity index is 2.20. The third kappa shape index (κ3) is 2.78. The molecule has 1 N–H and O–H groups in total. The van der Waals surface area contributed by atoms with Crippen molar-refractivity contribution in [3.8, 4) is 0 Å². The van der Waals surface area contributed by atoms with Crippen LogP contribution in [0.5, 0.6) is 0 Å². The minimum atomic E-state index is 0.387. The summed E-state index contributed by atoms with van der Waals surface area (Å²) < 4.78 is 6.44. The van der Waals surface area contributed by atoms with Crippen LogP contribution in [0, 0.1) is 10.5 Å². The lowest BCUT2D eigenvalue weighted by molar-refractivity contribution is 0.195. The van der Waals surface area contributed by atoms with E-state index in [1.54, 1.807) is 11.8 Å². The van der Waals surface area contributed by atoms with E-state index in [-0.39, 0.29) is 0 Å². The summed E-state index contributed by atoms with van der Waals surface area (Å²) in [6.45, 7) is 3.63. The van der Waals surface area contributed by atoms with Gasteiger partial charge in [0, 0.05) is 6.61 Å². The lowest BCUT2D eigenvalue weighted by Crippen LogP contribution is -2.21. The lowest BCUT2D eigenvalue weighted by Gasteiger charge is -2.14. The Morgan fingerprint density at radius 1 is 1.50 bits per heavy atom. The van der Waals surface area contributed by atoms with Gasteiger partial charge in [-0.3, -0.25) is 0 Å². The van der Waals surface area contributed by atoms with Crippen molar-refractivity contribution in [2.45, 2.75) is 24.5 Å². The highest BCUT2D eigenvalue weighted by Gasteiger charge is 2.18. The minimum absolute atomic E-state index is 0.387. The van der Waals surface area contributed by atoms with E-state index in [0.717, 1.165) is 39.9 Å². The van der Waals surface area contributed by atoms with Crippen LogP contribution >= 0.6 is 34.4 Å². The molecule has 2 rings (SSSR count). The number of aryl methyl sites for hydroxylation is 1. The van der Waals surface area contributed by atoms with E-state index in [1.807, 2.05) is 13.2 Å². The van der Waals surface area contributed by atoms with E-state index >= 15 is 0 Å². The first-order valence-corrected chi connectivity index (χ1v) is 7.43. The quantitative estimate of drug-likeness (QED) is 0.515. The normalized spacial score (nSPS) is 20.1. The zero-order valence-electron chi connectivity index (χ0n) is 9.29. The molecule has 1 aliphatic rings. The fourth-order valence-corrected chi connectivity index (χ4v) is 2.37. The predicted molar refractivity (Wildman–Crippen MR) is 74.1 cm³/mol. The fraction of sp³-hybridized carbons (Fsp3) is 0.600. The Bertz CT molecular complexity index is 383. The Kier molecular flexibility index (Phi) is 4.26. The van der Waals surface area contributed by atoms with E-state index < -0.39 is 0 Å². The number of ether oxygens (including phenoxy) is 1. The average Bonchev–Trinajstić information content (AvgIpc) is 2.77. The van der Waals surface area contributed by atoms with Crippen LogP contribution in [0.1, 0.15) is 12.1 Å². The molecule has 1 saturated heterocycles. The fourth-order valence-electron chi connectivity index (χ4n) is 1.56. The highest BCUT2D eigenvalue weighted by atomic mass is 127. The number of rotatable bonds is 3. The maximum Gasteiger partial charge on any atom is 0.189 e. The summed E-state index contributed by atoms with van der Waals surface area (Å²) in [5.41, 5.74) is 1.03. The number of hydrogen-bond acceptors (Lipinski definition) is 5. The molecule has 0 aromatic carbocycles. The molecule has 1 fully saturated rings. The number of aromatic nitrogens is 2. The van der Waals surface area contributed by atoms with Gasteiger partial charge >= 0.3 is 0 Å². The molecular formula is C10H14IN3OS. The van der Waals surface area contributed by atoms with Crippen molar-refractivity contribution in [3.63, 3.8) is 0 Å². The molecule has 0 radical (unpaired) electrons. The third-order valence-electron chi connectivity index (χ3n) is 2.45. The van der Waals surface area contributed by atoms with E-state index in [2.05, 4.69) is 37.9 Å². The van der Waals surface area contributed by atoms with Gasteiger partial charge in [0.1, 0.15) is 5.82 Å². The molecule has 6 heteroatoms. The molecule has 88 valence electrons. The SMILES string of the molecule is CSc1nc(C)c(I)c(NC2CCOC2)n1. The van der Waals surface area contributed by atoms with Gasteiger partial charge in [0.25, 0.3) is 0 Å². The summed E-state index contributed by atoms with van der Waals surface area (Å²) in [5, 5.41) is 4.25. The van der Waals surface area contributed by atoms with Gasteiger partial charge in [-0.2, -0.15) is 0 Å². The minimum Gasteiger partial charge on any atom is -0.379 e. The summed E-state index contributed by atoms with van der Waals surface area (Å²) in [4.78, 5) is 8.89. The van der Waals surface area contributed by atoms with Gasteiger partial charge in [-0.05, 0) is 42.2 Å². The van der Waals surface area contributed by atoms with E-state index in [9.17, 15) is 0 Å². The number of nitrogens with one attached hydrogen (secondary N) is 1. The molecule has 1 aliphatic heterocycles. The summed E-state index contributed by atoms with van der Waals surface area (Å²) in [5.74, 6) is 0.938. The highest BCUT2D eigenvalue weighted by Crippen LogP contribution is 2.23. The summed E-state index contributed by atoms with van der Waals surface area (Å²) in [6, 6.07) is 0.387. The zero-order valence-corrected chi connectivity index (χ0v) is 12.3. The third-order valence-corrected chi connectivity index (χ3v) is 4.29. The van der Waals surface area contributed by atoms with Crippen molar-refractivity contribution in [1.82, 2.24) is 9.97 Å². The second kappa shape index (κ2) is 5.50. The standard InChI is InChI=1S/C10H14IN3OS/c1-6-8(11)9(14-10(12-6)16-2)13-7-3-4-15-5-7/h7H,3-5H2,1-2H3,(H,12,13,14). The summed E-state index contributed by atoms with van der Waals surface area (Å²) in [6.07, 6.45) is 3.04. The maximum absolute atomic E-state index is 5.34. The molecular weight excluding hydrogens is 337 g/mol. The van der Waals surface area contributed by atoms with E-state index in [1.165, 1.54) is 0 Å². The number of halogens is 1. The van der Waals surface area contributed by atoms with Crippen LogP contribution in [0.4, 0.5) is 5.82 Å². The second-order valence-corrected chi connectivity index (χ2v) is 5.52.